The van der Waals surface area contributed by atoms with Crippen LogP contribution in [0.15, 0.2) is 59.6 Å². The molecule has 0 atom stereocenters. The van der Waals surface area contributed by atoms with E-state index in [1.165, 1.54) is 6.26 Å². The SMILES string of the molecule is CCNC(=NCc1ccc(CS(C)(=O)=O)cc1)NCCCOc1ccccc1.I. The molecule has 6 nitrogen and oxygen atoms in total. The molecule has 0 radical (unpaired) electrons. The molecule has 0 aliphatic rings. The highest BCUT2D eigenvalue weighted by Crippen LogP contribution is 2.09. The molecule has 2 N–H and O–H groups in total. The zero-order valence-corrected chi connectivity index (χ0v) is 20.1. The van der Waals surface area contributed by atoms with Crippen LogP contribution >= 0.6 is 24.0 Å². The summed E-state index contributed by atoms with van der Waals surface area (Å²) < 4.78 is 28.4. The van der Waals surface area contributed by atoms with Gasteiger partial charge in [-0.1, -0.05) is 42.5 Å². The average Bonchev–Trinajstić information content (AvgIpc) is 2.66. The number of hydrogen-bond donors (Lipinski definition) is 2. The van der Waals surface area contributed by atoms with Crippen molar-refractivity contribution in [2.24, 2.45) is 4.99 Å². The topological polar surface area (TPSA) is 79.8 Å². The molecule has 0 bridgehead atoms. The Balaban J connectivity index is 0.00000420. The summed E-state index contributed by atoms with van der Waals surface area (Å²) in [5.74, 6) is 1.69. The van der Waals surface area contributed by atoms with Crippen LogP contribution in [0.25, 0.3) is 0 Å². The number of guanidine groups is 1. The van der Waals surface area contributed by atoms with Crippen molar-refractivity contribution in [2.45, 2.75) is 25.6 Å². The van der Waals surface area contributed by atoms with E-state index in [0.29, 0.717) is 13.2 Å². The van der Waals surface area contributed by atoms with Gasteiger partial charge in [-0.15, -0.1) is 24.0 Å². The van der Waals surface area contributed by atoms with Gasteiger partial charge in [-0.25, -0.2) is 13.4 Å². The Labute approximate surface area is 191 Å². The third-order valence-electron chi connectivity index (χ3n) is 3.84. The van der Waals surface area contributed by atoms with E-state index in [2.05, 4.69) is 15.6 Å². The number of hydrogen-bond acceptors (Lipinski definition) is 4. The number of aliphatic imine (C=N–C) groups is 1. The molecule has 0 fully saturated rings. The number of benzene rings is 2. The maximum atomic E-state index is 11.4. The summed E-state index contributed by atoms with van der Waals surface area (Å²) in [5, 5.41) is 6.52. The molecule has 2 aromatic carbocycles. The van der Waals surface area contributed by atoms with Gasteiger partial charge in [0.1, 0.15) is 5.75 Å². The zero-order chi connectivity index (χ0) is 20.2. The average molecular weight is 531 g/mol. The fourth-order valence-electron chi connectivity index (χ4n) is 2.54. The summed E-state index contributed by atoms with van der Waals surface area (Å²) in [6.45, 7) is 4.72. The molecule has 0 amide bonds. The Kier molecular flexibility index (Phi) is 11.7. The minimum atomic E-state index is -3.01. The highest BCUT2D eigenvalue weighted by atomic mass is 127. The number of ether oxygens (including phenoxy) is 1. The maximum Gasteiger partial charge on any atom is 0.191 e. The lowest BCUT2D eigenvalue weighted by Crippen LogP contribution is -2.38. The molecular weight excluding hydrogens is 501 g/mol. The first kappa shape index (κ1) is 25.2. The molecule has 0 aliphatic heterocycles. The summed E-state index contributed by atoms with van der Waals surface area (Å²) in [5.41, 5.74) is 1.82. The molecule has 0 aliphatic carbocycles. The van der Waals surface area contributed by atoms with Crippen LogP contribution in [-0.2, 0) is 22.1 Å². The van der Waals surface area contributed by atoms with Crippen LogP contribution in [0, 0.1) is 0 Å². The van der Waals surface area contributed by atoms with Crippen LogP contribution in [0.1, 0.15) is 24.5 Å². The van der Waals surface area contributed by atoms with Crippen molar-refractivity contribution in [3.8, 4) is 5.75 Å². The van der Waals surface area contributed by atoms with Gasteiger partial charge < -0.3 is 15.4 Å². The van der Waals surface area contributed by atoms with E-state index in [0.717, 1.165) is 42.3 Å². The van der Waals surface area contributed by atoms with E-state index in [4.69, 9.17) is 4.74 Å². The number of nitrogens with one attached hydrogen (secondary N) is 2. The molecule has 8 heteroatoms. The lowest BCUT2D eigenvalue weighted by Gasteiger charge is -2.12. The summed E-state index contributed by atoms with van der Waals surface area (Å²) in [4.78, 5) is 4.58. The molecule has 0 aromatic heterocycles. The van der Waals surface area contributed by atoms with Crippen molar-refractivity contribution in [3.63, 3.8) is 0 Å². The predicted octanol–water partition coefficient (Wildman–Crippen LogP) is 3.37. The number of rotatable bonds is 10. The van der Waals surface area contributed by atoms with Crippen molar-refractivity contribution in [1.82, 2.24) is 10.6 Å². The van der Waals surface area contributed by atoms with E-state index in [-0.39, 0.29) is 29.7 Å². The number of para-hydroxylation sites is 1. The molecule has 2 aromatic rings. The third kappa shape index (κ3) is 11.1. The van der Waals surface area contributed by atoms with Gasteiger partial charge in [0, 0.05) is 19.3 Å². The molecule has 0 saturated heterocycles. The van der Waals surface area contributed by atoms with Gasteiger partial charge >= 0.3 is 0 Å². The second kappa shape index (κ2) is 13.4. The second-order valence-electron chi connectivity index (χ2n) is 6.52. The monoisotopic (exact) mass is 531 g/mol. The predicted molar refractivity (Wildman–Crippen MR) is 130 cm³/mol. The largest absolute Gasteiger partial charge is 0.494 e. The van der Waals surface area contributed by atoms with Crippen LogP contribution in [0.5, 0.6) is 5.75 Å². The summed E-state index contributed by atoms with van der Waals surface area (Å²) in [7, 11) is -3.01. The third-order valence-corrected chi connectivity index (χ3v) is 4.70. The van der Waals surface area contributed by atoms with Gasteiger partial charge in [0.25, 0.3) is 0 Å². The van der Waals surface area contributed by atoms with E-state index >= 15 is 0 Å². The van der Waals surface area contributed by atoms with E-state index in [9.17, 15) is 8.42 Å². The first-order chi connectivity index (χ1) is 13.5. The number of sulfone groups is 1. The first-order valence-electron chi connectivity index (χ1n) is 9.42. The molecule has 29 heavy (non-hydrogen) atoms. The zero-order valence-electron chi connectivity index (χ0n) is 16.9. The van der Waals surface area contributed by atoms with Crippen LogP contribution in [0.3, 0.4) is 0 Å². The Morgan fingerprint density at radius 2 is 1.66 bits per heavy atom. The Morgan fingerprint density at radius 3 is 2.28 bits per heavy atom. The fourth-order valence-corrected chi connectivity index (χ4v) is 3.34. The Hall–Kier alpha value is -1.81. The molecule has 0 spiro atoms. The summed E-state index contributed by atoms with van der Waals surface area (Å²) in [6.07, 6.45) is 2.10. The van der Waals surface area contributed by atoms with Crippen molar-refractivity contribution >= 4 is 39.8 Å². The van der Waals surface area contributed by atoms with Crippen molar-refractivity contribution in [1.29, 1.82) is 0 Å². The molecule has 0 unspecified atom stereocenters. The molecule has 0 heterocycles. The van der Waals surface area contributed by atoms with Gasteiger partial charge in [0.15, 0.2) is 15.8 Å². The van der Waals surface area contributed by atoms with Gasteiger partial charge in [0.2, 0.25) is 0 Å². The fraction of sp³-hybridized carbons (Fsp3) is 0.381. The van der Waals surface area contributed by atoms with E-state index in [1.54, 1.807) is 0 Å². The smallest absolute Gasteiger partial charge is 0.191 e. The quantitative estimate of drug-likeness (QED) is 0.213. The normalized spacial score (nSPS) is 11.4. The second-order valence-corrected chi connectivity index (χ2v) is 8.66. The molecular formula is C21H30IN3O3S. The maximum absolute atomic E-state index is 11.4. The number of nitrogens with zero attached hydrogens (tertiary/aromatic N) is 1. The highest BCUT2D eigenvalue weighted by Gasteiger charge is 2.04. The standard InChI is InChI=1S/C21H29N3O3S.HI/c1-3-22-21(23-14-7-15-27-20-8-5-4-6-9-20)24-16-18-10-12-19(13-11-18)17-28(2,25)26;/h4-6,8-13H,3,7,14-17H2,1-2H3,(H2,22,23,24);1H. The summed E-state index contributed by atoms with van der Waals surface area (Å²) >= 11 is 0. The minimum absolute atomic E-state index is 0. The number of halogens is 1. The molecule has 0 saturated carbocycles. The van der Waals surface area contributed by atoms with E-state index < -0.39 is 9.84 Å². The van der Waals surface area contributed by atoms with Gasteiger partial charge in [-0.3, -0.25) is 0 Å². The lowest BCUT2D eigenvalue weighted by molar-refractivity contribution is 0.311. The van der Waals surface area contributed by atoms with Crippen LogP contribution in [0.4, 0.5) is 0 Å². The minimum Gasteiger partial charge on any atom is -0.494 e. The van der Waals surface area contributed by atoms with Crippen LogP contribution in [-0.4, -0.2) is 40.3 Å². The van der Waals surface area contributed by atoms with Gasteiger partial charge in [-0.05, 0) is 36.6 Å². The van der Waals surface area contributed by atoms with Crippen molar-refractivity contribution < 1.29 is 13.2 Å². The van der Waals surface area contributed by atoms with Gasteiger partial charge in [0.05, 0.1) is 18.9 Å². The Bertz CT molecular complexity index is 841. The summed E-state index contributed by atoms with van der Waals surface area (Å²) in [6, 6.07) is 17.3. The lowest BCUT2D eigenvalue weighted by atomic mass is 10.1. The van der Waals surface area contributed by atoms with Crippen LogP contribution in [0.2, 0.25) is 0 Å². The van der Waals surface area contributed by atoms with Crippen molar-refractivity contribution in [2.75, 3.05) is 26.0 Å². The Morgan fingerprint density at radius 1 is 1.00 bits per heavy atom. The molecule has 2 rings (SSSR count). The first-order valence-corrected chi connectivity index (χ1v) is 11.5. The van der Waals surface area contributed by atoms with Crippen LogP contribution < -0.4 is 15.4 Å². The van der Waals surface area contributed by atoms with E-state index in [1.807, 2.05) is 61.5 Å². The van der Waals surface area contributed by atoms with Crippen molar-refractivity contribution in [3.05, 3.63) is 65.7 Å². The highest BCUT2D eigenvalue weighted by molar-refractivity contribution is 14.0. The molecule has 160 valence electrons. The van der Waals surface area contributed by atoms with Gasteiger partial charge in [-0.2, -0.15) is 0 Å².